The molecule has 0 saturated heterocycles. The van der Waals surface area contributed by atoms with Gasteiger partial charge < -0.3 is 20.1 Å². The number of nitrogens with zero attached hydrogens (tertiary/aromatic N) is 1. The molecule has 0 aliphatic heterocycles. The number of aromatic nitrogens is 2. The molecule has 0 bridgehead atoms. The van der Waals surface area contributed by atoms with Gasteiger partial charge in [-0.1, -0.05) is 12.6 Å². The number of ether oxygens (including phenoxy) is 1. The molecular weight excluding hydrogens is 386 g/mol. The third-order valence-corrected chi connectivity index (χ3v) is 3.45. The Morgan fingerprint density at radius 2 is 2.07 bits per heavy atom. The Labute approximate surface area is 155 Å². The number of alkyl halides is 3. The minimum absolute atomic E-state index is 0.0205. The fraction of sp³-hybridized carbons (Fsp3) is 0.235. The van der Waals surface area contributed by atoms with Gasteiger partial charge in [0.15, 0.2) is 11.6 Å². The zero-order chi connectivity index (χ0) is 21.1. The van der Waals surface area contributed by atoms with Gasteiger partial charge in [-0.05, 0) is 30.2 Å². The van der Waals surface area contributed by atoms with Crippen molar-refractivity contribution in [3.05, 3.63) is 64.1 Å². The first-order chi connectivity index (χ1) is 13.0. The van der Waals surface area contributed by atoms with E-state index in [0.29, 0.717) is 11.6 Å². The average Bonchev–Trinajstić information content (AvgIpc) is 2.59. The van der Waals surface area contributed by atoms with Gasteiger partial charge in [0.2, 0.25) is 0 Å². The number of rotatable bonds is 6. The number of benzene rings is 1. The molecule has 2 rings (SSSR count). The van der Waals surface area contributed by atoms with Crippen LogP contribution in [0.5, 0.6) is 5.75 Å². The minimum atomic E-state index is -5.07. The molecule has 0 aliphatic rings. The highest BCUT2D eigenvalue weighted by Gasteiger charge is 2.32. The van der Waals surface area contributed by atoms with Gasteiger partial charge in [-0.2, -0.15) is 0 Å². The second-order valence-corrected chi connectivity index (χ2v) is 5.71. The maximum Gasteiger partial charge on any atom is 0.573 e. The van der Waals surface area contributed by atoms with Crippen molar-refractivity contribution >= 4 is 11.5 Å². The van der Waals surface area contributed by atoms with Crippen molar-refractivity contribution in [2.24, 2.45) is 0 Å². The highest BCUT2D eigenvalue weighted by Crippen LogP contribution is 2.27. The number of halogens is 4. The van der Waals surface area contributed by atoms with Crippen molar-refractivity contribution in [1.29, 1.82) is 0 Å². The maximum absolute atomic E-state index is 13.8. The number of aliphatic hydroxyl groups is 1. The molecule has 7 nitrogen and oxygen atoms in total. The maximum atomic E-state index is 13.8. The Kier molecular flexibility index (Phi) is 6.19. The normalized spacial score (nSPS) is 12.4. The Morgan fingerprint density at radius 3 is 2.61 bits per heavy atom. The number of H-pyrrole nitrogens is 1. The molecule has 11 heteroatoms. The van der Waals surface area contributed by atoms with E-state index in [9.17, 15) is 32.3 Å². The molecule has 0 fully saturated rings. The van der Waals surface area contributed by atoms with E-state index in [1.807, 2.05) is 0 Å². The molecule has 150 valence electrons. The fourth-order valence-electron chi connectivity index (χ4n) is 2.18. The van der Waals surface area contributed by atoms with Crippen LogP contribution >= 0.6 is 0 Å². The predicted octanol–water partition coefficient (Wildman–Crippen LogP) is 2.30. The van der Waals surface area contributed by atoms with Crippen LogP contribution in [-0.2, 0) is 0 Å². The Morgan fingerprint density at radius 1 is 1.39 bits per heavy atom. The lowest BCUT2D eigenvalue weighted by atomic mass is 10.1. The van der Waals surface area contributed by atoms with E-state index in [0.717, 1.165) is 18.2 Å². The van der Waals surface area contributed by atoms with E-state index in [4.69, 9.17) is 0 Å². The van der Waals surface area contributed by atoms with Crippen molar-refractivity contribution in [2.75, 3.05) is 6.61 Å². The van der Waals surface area contributed by atoms with Crippen LogP contribution in [0.25, 0.3) is 5.57 Å². The number of hydrogen-bond donors (Lipinski definition) is 3. The van der Waals surface area contributed by atoms with Crippen LogP contribution in [0, 0.1) is 5.82 Å². The van der Waals surface area contributed by atoms with Gasteiger partial charge in [-0.25, -0.2) is 9.37 Å². The van der Waals surface area contributed by atoms with Crippen molar-refractivity contribution in [3.8, 4) is 5.75 Å². The first-order valence-electron chi connectivity index (χ1n) is 7.74. The number of nitrogens with one attached hydrogen (secondary N) is 2. The van der Waals surface area contributed by atoms with Crippen LogP contribution in [0.2, 0.25) is 0 Å². The monoisotopic (exact) mass is 401 g/mol. The van der Waals surface area contributed by atoms with Crippen LogP contribution in [-0.4, -0.2) is 34.0 Å². The molecule has 2 aromatic rings. The quantitative estimate of drug-likeness (QED) is 0.645. The summed E-state index contributed by atoms with van der Waals surface area (Å²) in [6.45, 7) is 4.46. The van der Waals surface area contributed by atoms with E-state index in [-0.39, 0.29) is 17.1 Å². The summed E-state index contributed by atoms with van der Waals surface area (Å²) < 4.78 is 54.0. The molecule has 0 radical (unpaired) electrons. The van der Waals surface area contributed by atoms with Gasteiger partial charge in [0.25, 0.3) is 11.5 Å². The van der Waals surface area contributed by atoms with Gasteiger partial charge >= 0.3 is 6.36 Å². The van der Waals surface area contributed by atoms with Gasteiger partial charge in [-0.15, -0.1) is 13.2 Å². The number of amides is 1. The van der Waals surface area contributed by atoms with Gasteiger partial charge in [0.05, 0.1) is 12.6 Å². The minimum Gasteiger partial charge on any atom is -0.403 e. The molecular formula is C17H15F4N3O4. The summed E-state index contributed by atoms with van der Waals surface area (Å²) in [6, 6.07) is 2.20. The summed E-state index contributed by atoms with van der Waals surface area (Å²) in [5.74, 6) is -3.16. The van der Waals surface area contributed by atoms with E-state index in [1.54, 1.807) is 6.92 Å². The third-order valence-electron chi connectivity index (χ3n) is 3.45. The Balaban J connectivity index is 2.25. The number of allylic oxidation sites excluding steroid dienone is 1. The lowest BCUT2D eigenvalue weighted by molar-refractivity contribution is -0.275. The summed E-state index contributed by atoms with van der Waals surface area (Å²) >= 11 is 0. The van der Waals surface area contributed by atoms with Crippen LogP contribution < -0.4 is 15.6 Å². The molecule has 1 aromatic heterocycles. The fourth-order valence-corrected chi connectivity index (χ4v) is 2.18. The number of aliphatic hydroxyl groups excluding tert-OH is 1. The van der Waals surface area contributed by atoms with Crippen molar-refractivity contribution < 1.29 is 32.2 Å². The van der Waals surface area contributed by atoms with Crippen molar-refractivity contribution in [3.63, 3.8) is 0 Å². The molecule has 1 aromatic carbocycles. The molecule has 1 atom stereocenters. The van der Waals surface area contributed by atoms with E-state index in [2.05, 4.69) is 26.6 Å². The summed E-state index contributed by atoms with van der Waals surface area (Å²) in [7, 11) is 0. The molecule has 28 heavy (non-hydrogen) atoms. The first kappa shape index (κ1) is 21.1. The lowest BCUT2D eigenvalue weighted by Crippen LogP contribution is -2.32. The zero-order valence-electron chi connectivity index (χ0n) is 14.4. The van der Waals surface area contributed by atoms with Crippen LogP contribution in [0.4, 0.5) is 17.6 Å². The molecule has 0 saturated carbocycles. The summed E-state index contributed by atoms with van der Waals surface area (Å²) in [6.07, 6.45) is -5.07. The second kappa shape index (κ2) is 8.21. The first-order valence-corrected chi connectivity index (χ1v) is 7.74. The SMILES string of the molecule is C=C(C)c1nc(C(=O)NC(CO)c2ccc(OC(F)(F)F)c(F)c2)cc(=O)[nH]1. The molecule has 1 amide bonds. The number of carbonyl (C=O) groups excluding carboxylic acids is 1. The molecule has 3 N–H and O–H groups in total. The van der Waals surface area contributed by atoms with Crippen molar-refractivity contribution in [1.82, 2.24) is 15.3 Å². The van der Waals surface area contributed by atoms with Crippen LogP contribution in [0.1, 0.15) is 34.8 Å². The van der Waals surface area contributed by atoms with E-state index in [1.165, 1.54) is 0 Å². The standard InChI is InChI=1S/C17H15F4N3O4/c1-8(2)15-22-11(6-14(26)24-15)16(27)23-12(7-25)9-3-4-13(10(18)5-9)28-17(19,20)21/h3-6,12,25H,1,7H2,2H3,(H,23,27)(H,22,24,26). The number of carbonyl (C=O) groups is 1. The lowest BCUT2D eigenvalue weighted by Gasteiger charge is -2.18. The Bertz CT molecular complexity index is 956. The largest absolute Gasteiger partial charge is 0.573 e. The predicted molar refractivity (Wildman–Crippen MR) is 89.9 cm³/mol. The van der Waals surface area contributed by atoms with Crippen LogP contribution in [0.15, 0.2) is 35.6 Å². The number of aromatic amines is 1. The number of hydrogen-bond acceptors (Lipinski definition) is 5. The summed E-state index contributed by atoms with van der Waals surface area (Å²) in [4.78, 5) is 30.2. The van der Waals surface area contributed by atoms with E-state index < -0.39 is 42.0 Å². The van der Waals surface area contributed by atoms with Crippen LogP contribution in [0.3, 0.4) is 0 Å². The third kappa shape index (κ3) is 5.39. The average molecular weight is 401 g/mol. The molecule has 0 spiro atoms. The molecule has 1 unspecified atom stereocenters. The van der Waals surface area contributed by atoms with Crippen molar-refractivity contribution in [2.45, 2.75) is 19.3 Å². The smallest absolute Gasteiger partial charge is 0.403 e. The summed E-state index contributed by atoms with van der Waals surface area (Å²) in [5.41, 5.74) is -0.517. The summed E-state index contributed by atoms with van der Waals surface area (Å²) in [5, 5.41) is 11.8. The zero-order valence-corrected chi connectivity index (χ0v) is 14.4. The molecule has 1 heterocycles. The highest BCUT2D eigenvalue weighted by molar-refractivity contribution is 5.92. The topological polar surface area (TPSA) is 104 Å². The molecule has 0 aliphatic carbocycles. The van der Waals surface area contributed by atoms with Gasteiger partial charge in [-0.3, -0.25) is 9.59 Å². The highest BCUT2D eigenvalue weighted by atomic mass is 19.4. The Hall–Kier alpha value is -3.21. The van der Waals surface area contributed by atoms with E-state index >= 15 is 0 Å². The van der Waals surface area contributed by atoms with Gasteiger partial charge in [0.1, 0.15) is 11.5 Å². The van der Waals surface area contributed by atoms with Gasteiger partial charge in [0, 0.05) is 6.07 Å². The second-order valence-electron chi connectivity index (χ2n) is 5.71.